The number of carbonyl (C=O) groups is 2. The maximum atomic E-state index is 11.9. The summed E-state index contributed by atoms with van der Waals surface area (Å²) in [7, 11) is 0. The monoisotopic (exact) mass is 276 g/mol. The maximum absolute atomic E-state index is 11.9. The number of H-pyrrole nitrogens is 1. The lowest BCUT2D eigenvalue weighted by Gasteiger charge is -2.22. The van der Waals surface area contributed by atoms with E-state index >= 15 is 0 Å². The summed E-state index contributed by atoms with van der Waals surface area (Å²) in [6.45, 7) is 1.95. The van der Waals surface area contributed by atoms with Gasteiger partial charge in [-0.15, -0.1) is 0 Å². The molecule has 2 aromatic rings. The Hall–Kier alpha value is -2.02. The summed E-state index contributed by atoms with van der Waals surface area (Å²) < 4.78 is 2.14. The smallest absolute Gasteiger partial charge is 0.249 e. The van der Waals surface area contributed by atoms with Crippen LogP contribution >= 0.6 is 12.2 Å². The molecule has 0 saturated carbocycles. The second kappa shape index (κ2) is 4.27. The summed E-state index contributed by atoms with van der Waals surface area (Å²) in [5, 5.41) is 2.34. The Morgan fingerprint density at radius 3 is 3.00 bits per heavy atom. The Morgan fingerprint density at radius 2 is 2.26 bits per heavy atom. The van der Waals surface area contributed by atoms with Crippen molar-refractivity contribution in [2.45, 2.75) is 25.8 Å². The summed E-state index contributed by atoms with van der Waals surface area (Å²) >= 11 is 5.28. The number of piperidine rings is 1. The number of pyridine rings is 1. The van der Waals surface area contributed by atoms with Gasteiger partial charge in [-0.05, 0) is 37.2 Å². The van der Waals surface area contributed by atoms with Gasteiger partial charge >= 0.3 is 0 Å². The Labute approximate surface area is 113 Å². The molecule has 2 aromatic heterocycles. The number of aryl methyl sites for hydroxylation is 1. The van der Waals surface area contributed by atoms with Crippen LogP contribution in [0, 0.1) is 11.7 Å². The fourth-order valence-electron chi connectivity index (χ4n) is 2.36. The lowest BCUT2D eigenvalue weighted by atomic mass is 10.1. The molecular weight excluding hydrogens is 264 g/mol. The molecule has 1 fully saturated rings. The van der Waals surface area contributed by atoms with Crippen LogP contribution in [0.15, 0.2) is 12.3 Å². The van der Waals surface area contributed by atoms with Crippen molar-refractivity contribution in [3.63, 3.8) is 0 Å². The lowest BCUT2D eigenvalue weighted by molar-refractivity contribution is -0.135. The van der Waals surface area contributed by atoms with E-state index in [0.717, 1.165) is 11.1 Å². The third-order valence-electron chi connectivity index (χ3n) is 3.34. The second-order valence-corrected chi connectivity index (χ2v) is 4.98. The zero-order valence-corrected chi connectivity index (χ0v) is 11.1. The number of aromatic nitrogens is 3. The molecule has 0 aliphatic carbocycles. The lowest BCUT2D eigenvalue weighted by Crippen LogP contribution is -2.41. The minimum absolute atomic E-state index is 0.239. The molecule has 19 heavy (non-hydrogen) atoms. The van der Waals surface area contributed by atoms with Crippen LogP contribution in [0.2, 0.25) is 0 Å². The number of aromatic amines is 1. The number of amides is 2. The van der Waals surface area contributed by atoms with Gasteiger partial charge < -0.3 is 4.98 Å². The van der Waals surface area contributed by atoms with Crippen LogP contribution in [0.5, 0.6) is 0 Å². The van der Waals surface area contributed by atoms with Crippen LogP contribution in [0.4, 0.5) is 0 Å². The average molecular weight is 276 g/mol. The van der Waals surface area contributed by atoms with Gasteiger partial charge in [0.25, 0.3) is 0 Å². The summed E-state index contributed by atoms with van der Waals surface area (Å²) in [6.07, 6.45) is 2.45. The van der Waals surface area contributed by atoms with Gasteiger partial charge in [0.2, 0.25) is 11.8 Å². The van der Waals surface area contributed by atoms with Crippen molar-refractivity contribution in [1.82, 2.24) is 19.9 Å². The Bertz CT molecular complexity index is 746. The molecule has 2 N–H and O–H groups in total. The minimum atomic E-state index is -0.478. The number of imidazole rings is 1. The van der Waals surface area contributed by atoms with Gasteiger partial charge in [0.1, 0.15) is 6.04 Å². The molecule has 6 nitrogen and oxygen atoms in total. The third-order valence-corrected chi connectivity index (χ3v) is 3.64. The van der Waals surface area contributed by atoms with E-state index < -0.39 is 6.04 Å². The van der Waals surface area contributed by atoms with Crippen molar-refractivity contribution in [2.24, 2.45) is 0 Å². The fourth-order valence-corrected chi connectivity index (χ4v) is 2.68. The molecule has 0 aromatic carbocycles. The van der Waals surface area contributed by atoms with Crippen LogP contribution in [0.25, 0.3) is 11.2 Å². The van der Waals surface area contributed by atoms with Gasteiger partial charge in [-0.2, -0.15) is 0 Å². The van der Waals surface area contributed by atoms with Crippen LogP contribution < -0.4 is 5.32 Å². The van der Waals surface area contributed by atoms with E-state index in [1.165, 1.54) is 0 Å². The number of imide groups is 1. The summed E-state index contributed by atoms with van der Waals surface area (Å²) in [5.41, 5.74) is 2.50. The fraction of sp³-hybridized carbons (Fsp3) is 0.333. The first kappa shape index (κ1) is 12.0. The Kier molecular flexibility index (Phi) is 2.70. The highest BCUT2D eigenvalue weighted by Crippen LogP contribution is 2.24. The minimum Gasteiger partial charge on any atom is -0.329 e. The van der Waals surface area contributed by atoms with Crippen molar-refractivity contribution in [2.75, 3.05) is 0 Å². The second-order valence-electron chi connectivity index (χ2n) is 4.59. The number of nitrogens with one attached hydrogen (secondary N) is 2. The van der Waals surface area contributed by atoms with Crippen LogP contribution in [0.1, 0.15) is 24.4 Å². The van der Waals surface area contributed by atoms with Crippen LogP contribution in [0.3, 0.4) is 0 Å². The zero-order valence-electron chi connectivity index (χ0n) is 10.3. The number of rotatable bonds is 1. The topological polar surface area (TPSA) is 79.8 Å². The summed E-state index contributed by atoms with van der Waals surface area (Å²) in [6, 6.07) is 1.40. The molecule has 3 rings (SSSR count). The molecule has 0 bridgehead atoms. The first-order valence-electron chi connectivity index (χ1n) is 5.97. The molecule has 98 valence electrons. The first-order chi connectivity index (χ1) is 9.08. The maximum Gasteiger partial charge on any atom is 0.249 e. The molecular formula is C12H12N4O2S. The molecule has 3 heterocycles. The Balaban J connectivity index is 2.18. The largest absolute Gasteiger partial charge is 0.329 e. The molecule has 1 atom stereocenters. The van der Waals surface area contributed by atoms with Gasteiger partial charge in [0, 0.05) is 12.6 Å². The molecule has 0 spiro atoms. The average Bonchev–Trinajstić information content (AvgIpc) is 2.68. The standard InChI is InChI=1S/C12H12N4O2S/c1-6-4-5-13-10-9(6)15-12(19)16(10)7-2-3-8(17)14-11(7)18/h4-5,7H,2-3H2,1H3,(H,15,19)(H,14,17,18). The number of fused-ring (bicyclic) bond motifs is 1. The normalized spacial score (nSPS) is 19.7. The molecule has 1 saturated heterocycles. The molecule has 7 heteroatoms. The summed E-state index contributed by atoms with van der Waals surface area (Å²) in [5.74, 6) is -0.562. The van der Waals surface area contributed by atoms with E-state index in [2.05, 4.69) is 15.3 Å². The Morgan fingerprint density at radius 1 is 1.47 bits per heavy atom. The molecule has 1 aliphatic rings. The zero-order chi connectivity index (χ0) is 13.6. The van der Waals surface area contributed by atoms with Gasteiger partial charge in [0.15, 0.2) is 10.4 Å². The summed E-state index contributed by atoms with van der Waals surface area (Å²) in [4.78, 5) is 30.5. The first-order valence-corrected chi connectivity index (χ1v) is 6.38. The van der Waals surface area contributed by atoms with E-state index in [-0.39, 0.29) is 11.8 Å². The van der Waals surface area contributed by atoms with Crippen LogP contribution in [-0.4, -0.2) is 26.3 Å². The third kappa shape index (κ3) is 1.86. The van der Waals surface area contributed by atoms with E-state index in [9.17, 15) is 9.59 Å². The number of nitrogens with zero attached hydrogens (tertiary/aromatic N) is 2. The van der Waals surface area contributed by atoms with Crippen molar-refractivity contribution in [3.05, 3.63) is 22.6 Å². The highest BCUT2D eigenvalue weighted by molar-refractivity contribution is 7.71. The molecule has 1 unspecified atom stereocenters. The van der Waals surface area contributed by atoms with Gasteiger partial charge in [-0.25, -0.2) is 4.98 Å². The van der Waals surface area contributed by atoms with Gasteiger partial charge in [0.05, 0.1) is 5.52 Å². The van der Waals surface area contributed by atoms with Gasteiger partial charge in [-0.3, -0.25) is 19.5 Å². The van der Waals surface area contributed by atoms with E-state index in [1.807, 2.05) is 13.0 Å². The highest BCUT2D eigenvalue weighted by Gasteiger charge is 2.30. The molecule has 1 aliphatic heterocycles. The highest BCUT2D eigenvalue weighted by atomic mass is 32.1. The quantitative estimate of drug-likeness (QED) is 0.609. The number of hydrogen-bond donors (Lipinski definition) is 2. The van der Waals surface area contributed by atoms with Crippen molar-refractivity contribution in [3.8, 4) is 0 Å². The SMILES string of the molecule is Cc1ccnc2c1[nH]c(=S)n2C1CCC(=O)NC1=O. The van der Waals surface area contributed by atoms with E-state index in [4.69, 9.17) is 12.2 Å². The number of hydrogen-bond acceptors (Lipinski definition) is 4. The number of carbonyl (C=O) groups excluding carboxylic acids is 2. The predicted molar refractivity (Wildman–Crippen MR) is 71.1 cm³/mol. The van der Waals surface area contributed by atoms with Crippen molar-refractivity contribution < 1.29 is 9.59 Å². The van der Waals surface area contributed by atoms with Crippen LogP contribution in [-0.2, 0) is 9.59 Å². The van der Waals surface area contributed by atoms with E-state index in [1.54, 1.807) is 10.8 Å². The predicted octanol–water partition coefficient (Wildman–Crippen LogP) is 1.38. The van der Waals surface area contributed by atoms with Crippen molar-refractivity contribution in [1.29, 1.82) is 0 Å². The molecule has 2 amide bonds. The van der Waals surface area contributed by atoms with E-state index in [0.29, 0.717) is 23.3 Å². The molecule has 0 radical (unpaired) electrons. The van der Waals surface area contributed by atoms with Gasteiger partial charge in [-0.1, -0.05) is 0 Å². The van der Waals surface area contributed by atoms with Crippen molar-refractivity contribution >= 4 is 35.2 Å².